The minimum Gasteiger partial charge on any atom is -0.486 e. The number of hydrogen-bond donors (Lipinski definition) is 1. The van der Waals surface area contributed by atoms with E-state index in [1.54, 1.807) is 11.9 Å². The normalized spacial score (nSPS) is 17.2. The van der Waals surface area contributed by atoms with E-state index >= 15 is 0 Å². The van der Waals surface area contributed by atoms with Crippen molar-refractivity contribution in [2.45, 2.75) is 18.6 Å². The Hall–Kier alpha value is -2.53. The number of hydrogen-bond acceptors (Lipinski definition) is 4. The largest absolute Gasteiger partial charge is 0.486 e. The molecule has 2 atom stereocenters. The molecule has 1 heterocycles. The molecule has 5 nitrogen and oxygen atoms in total. The van der Waals surface area contributed by atoms with Gasteiger partial charge in [-0.3, -0.25) is 4.79 Å². The molecule has 0 aliphatic carbocycles. The molecule has 2 aromatic carbocycles. The summed E-state index contributed by atoms with van der Waals surface area (Å²) in [6.07, 6.45) is 0.326. The third kappa shape index (κ3) is 3.86. The van der Waals surface area contributed by atoms with Crippen LogP contribution in [0.5, 0.6) is 11.5 Å². The Morgan fingerprint density at radius 2 is 1.83 bits per heavy atom. The Bertz CT molecular complexity index is 690. The molecule has 0 aromatic heterocycles. The van der Waals surface area contributed by atoms with Gasteiger partial charge in [0.25, 0.3) is 0 Å². The SMILES string of the molecule is CN(C[C@H]1COc2ccccc2O1)C(=O)[C@@H](N)Cc1ccccc1. The maximum atomic E-state index is 12.5. The van der Waals surface area contributed by atoms with E-state index in [0.717, 1.165) is 11.3 Å². The van der Waals surface area contributed by atoms with Gasteiger partial charge in [0.15, 0.2) is 17.6 Å². The Kier molecular flexibility index (Phi) is 5.01. The van der Waals surface area contributed by atoms with Crippen molar-refractivity contribution in [2.24, 2.45) is 5.73 Å². The predicted octanol–water partition coefficient (Wildman–Crippen LogP) is 1.85. The maximum absolute atomic E-state index is 12.5. The maximum Gasteiger partial charge on any atom is 0.239 e. The number of ether oxygens (including phenoxy) is 2. The van der Waals surface area contributed by atoms with E-state index in [4.69, 9.17) is 15.2 Å². The quantitative estimate of drug-likeness (QED) is 0.911. The van der Waals surface area contributed by atoms with Crippen molar-refractivity contribution in [1.29, 1.82) is 0 Å². The van der Waals surface area contributed by atoms with E-state index < -0.39 is 6.04 Å². The summed E-state index contributed by atoms with van der Waals surface area (Å²) in [7, 11) is 1.75. The Labute approximate surface area is 142 Å². The number of fused-ring (bicyclic) bond motifs is 1. The van der Waals surface area contributed by atoms with E-state index in [1.807, 2.05) is 54.6 Å². The molecule has 0 saturated heterocycles. The van der Waals surface area contributed by atoms with Crippen LogP contribution in [0, 0.1) is 0 Å². The second-order valence-corrected chi connectivity index (χ2v) is 6.01. The topological polar surface area (TPSA) is 64.8 Å². The minimum atomic E-state index is -0.561. The number of amides is 1. The first kappa shape index (κ1) is 16.3. The van der Waals surface area contributed by atoms with Crippen LogP contribution in [-0.4, -0.2) is 43.2 Å². The monoisotopic (exact) mass is 326 g/mol. The van der Waals surface area contributed by atoms with E-state index in [0.29, 0.717) is 25.3 Å². The van der Waals surface area contributed by atoms with Crippen LogP contribution in [0.25, 0.3) is 0 Å². The first-order valence-electron chi connectivity index (χ1n) is 8.06. The van der Waals surface area contributed by atoms with Crippen molar-refractivity contribution in [3.63, 3.8) is 0 Å². The third-order valence-electron chi connectivity index (χ3n) is 4.04. The van der Waals surface area contributed by atoms with E-state index in [-0.39, 0.29) is 12.0 Å². The summed E-state index contributed by atoms with van der Waals surface area (Å²) in [6.45, 7) is 0.859. The lowest BCUT2D eigenvalue weighted by atomic mass is 10.1. The zero-order chi connectivity index (χ0) is 16.9. The van der Waals surface area contributed by atoms with Crippen LogP contribution in [0.1, 0.15) is 5.56 Å². The molecule has 2 aromatic rings. The van der Waals surface area contributed by atoms with Crippen LogP contribution in [-0.2, 0) is 11.2 Å². The summed E-state index contributed by atoms with van der Waals surface area (Å²) in [6, 6.07) is 16.8. The second kappa shape index (κ2) is 7.36. The van der Waals surface area contributed by atoms with Crippen molar-refractivity contribution < 1.29 is 14.3 Å². The van der Waals surface area contributed by atoms with Crippen molar-refractivity contribution in [2.75, 3.05) is 20.2 Å². The molecule has 1 aliphatic heterocycles. The van der Waals surface area contributed by atoms with Gasteiger partial charge in [0, 0.05) is 7.05 Å². The zero-order valence-corrected chi connectivity index (χ0v) is 13.7. The van der Waals surface area contributed by atoms with Crippen molar-refractivity contribution >= 4 is 5.91 Å². The molecule has 1 amide bonds. The van der Waals surface area contributed by atoms with Crippen LogP contribution in [0.15, 0.2) is 54.6 Å². The number of rotatable bonds is 5. The highest BCUT2D eigenvalue weighted by molar-refractivity contribution is 5.81. The van der Waals surface area contributed by atoms with Gasteiger partial charge in [0.05, 0.1) is 12.6 Å². The molecule has 0 bridgehead atoms. The van der Waals surface area contributed by atoms with E-state index in [2.05, 4.69) is 0 Å². The highest BCUT2D eigenvalue weighted by atomic mass is 16.6. The van der Waals surface area contributed by atoms with Gasteiger partial charge in [-0.2, -0.15) is 0 Å². The van der Waals surface area contributed by atoms with Gasteiger partial charge in [-0.25, -0.2) is 0 Å². The first-order chi connectivity index (χ1) is 11.6. The number of benzene rings is 2. The molecule has 126 valence electrons. The molecule has 0 spiro atoms. The highest BCUT2D eigenvalue weighted by Crippen LogP contribution is 2.30. The summed E-state index contributed by atoms with van der Waals surface area (Å²) < 4.78 is 11.6. The van der Waals surface area contributed by atoms with Gasteiger partial charge in [-0.05, 0) is 24.1 Å². The number of para-hydroxylation sites is 2. The number of carbonyl (C=O) groups is 1. The average molecular weight is 326 g/mol. The molecular weight excluding hydrogens is 304 g/mol. The molecule has 3 rings (SSSR count). The molecule has 5 heteroatoms. The third-order valence-corrected chi connectivity index (χ3v) is 4.04. The van der Waals surface area contributed by atoms with E-state index in [1.165, 1.54) is 0 Å². The van der Waals surface area contributed by atoms with Gasteiger partial charge in [0.1, 0.15) is 6.61 Å². The van der Waals surface area contributed by atoms with Gasteiger partial charge < -0.3 is 20.1 Å². The standard InChI is InChI=1S/C19H22N2O3/c1-21(19(22)16(20)11-14-7-3-2-4-8-14)12-15-13-23-17-9-5-6-10-18(17)24-15/h2-10,15-16H,11-13,20H2,1H3/t15-,16-/m0/s1. The summed E-state index contributed by atoms with van der Waals surface area (Å²) in [4.78, 5) is 14.1. The summed E-state index contributed by atoms with van der Waals surface area (Å²) in [5.74, 6) is 1.35. The molecule has 0 unspecified atom stereocenters. The molecule has 0 fully saturated rings. The van der Waals surface area contributed by atoms with E-state index in [9.17, 15) is 4.79 Å². The van der Waals surface area contributed by atoms with Crippen LogP contribution in [0.2, 0.25) is 0 Å². The lowest BCUT2D eigenvalue weighted by Crippen LogP contribution is -2.48. The Morgan fingerprint density at radius 1 is 1.17 bits per heavy atom. The van der Waals surface area contributed by atoms with Crippen LogP contribution >= 0.6 is 0 Å². The Balaban J connectivity index is 1.55. The minimum absolute atomic E-state index is 0.0960. The fraction of sp³-hybridized carbons (Fsp3) is 0.316. The summed E-state index contributed by atoms with van der Waals surface area (Å²) in [5, 5.41) is 0. The lowest BCUT2D eigenvalue weighted by Gasteiger charge is -2.30. The number of carbonyl (C=O) groups excluding carboxylic acids is 1. The molecule has 0 saturated carbocycles. The van der Waals surface area contributed by atoms with Crippen LogP contribution in [0.4, 0.5) is 0 Å². The lowest BCUT2D eigenvalue weighted by molar-refractivity contribution is -0.132. The van der Waals surface area contributed by atoms with Crippen molar-refractivity contribution in [3.8, 4) is 11.5 Å². The highest BCUT2D eigenvalue weighted by Gasteiger charge is 2.25. The van der Waals surface area contributed by atoms with Gasteiger partial charge in [0.2, 0.25) is 5.91 Å². The number of likely N-dealkylation sites (N-methyl/N-ethyl adjacent to an activating group) is 1. The molecule has 2 N–H and O–H groups in total. The molecular formula is C19H22N2O3. The van der Waals surface area contributed by atoms with Crippen molar-refractivity contribution in [3.05, 3.63) is 60.2 Å². The predicted molar refractivity (Wildman–Crippen MR) is 92.1 cm³/mol. The fourth-order valence-corrected chi connectivity index (χ4v) is 2.79. The first-order valence-corrected chi connectivity index (χ1v) is 8.06. The van der Waals surface area contributed by atoms with Gasteiger partial charge in [-0.15, -0.1) is 0 Å². The van der Waals surface area contributed by atoms with Gasteiger partial charge in [-0.1, -0.05) is 42.5 Å². The Morgan fingerprint density at radius 3 is 2.58 bits per heavy atom. The molecule has 0 radical (unpaired) electrons. The zero-order valence-electron chi connectivity index (χ0n) is 13.7. The van der Waals surface area contributed by atoms with Crippen LogP contribution in [0.3, 0.4) is 0 Å². The smallest absolute Gasteiger partial charge is 0.239 e. The molecule has 1 aliphatic rings. The number of nitrogens with two attached hydrogens (primary N) is 1. The average Bonchev–Trinajstić information content (AvgIpc) is 2.61. The van der Waals surface area contributed by atoms with Crippen LogP contribution < -0.4 is 15.2 Å². The van der Waals surface area contributed by atoms with Gasteiger partial charge >= 0.3 is 0 Å². The number of nitrogens with zero attached hydrogens (tertiary/aromatic N) is 1. The summed E-state index contributed by atoms with van der Waals surface area (Å²) >= 11 is 0. The van der Waals surface area contributed by atoms with Crippen molar-refractivity contribution in [1.82, 2.24) is 4.90 Å². The second-order valence-electron chi connectivity index (χ2n) is 6.01. The fourth-order valence-electron chi connectivity index (χ4n) is 2.79. The molecule has 24 heavy (non-hydrogen) atoms. The summed E-state index contributed by atoms with van der Waals surface area (Å²) in [5.41, 5.74) is 7.12.